The molecule has 3 heteroatoms. The second-order valence-corrected chi connectivity index (χ2v) is 7.26. The molecule has 3 aromatic rings. The van der Waals surface area contributed by atoms with E-state index < -0.39 is 0 Å². The number of ether oxygens (including phenoxy) is 2. The topological polar surface area (TPSA) is 18.5 Å². The molecule has 0 radical (unpaired) electrons. The van der Waals surface area contributed by atoms with Gasteiger partial charge in [0.2, 0.25) is 0 Å². The zero-order valence-corrected chi connectivity index (χ0v) is 16.2. The number of benzene rings is 2. The summed E-state index contributed by atoms with van der Waals surface area (Å²) in [6, 6.07) is 8.44. The van der Waals surface area contributed by atoms with Gasteiger partial charge in [-0.05, 0) is 44.5 Å². The van der Waals surface area contributed by atoms with Gasteiger partial charge in [-0.2, -0.15) is 0 Å². The van der Waals surface area contributed by atoms with Crippen LogP contribution in [0.2, 0.25) is 0 Å². The van der Waals surface area contributed by atoms with E-state index in [0.29, 0.717) is 0 Å². The Kier molecular flexibility index (Phi) is 5.50. The Morgan fingerprint density at radius 3 is 2.20 bits per heavy atom. The number of thiophene rings is 1. The molecule has 0 spiro atoms. The van der Waals surface area contributed by atoms with E-state index in [2.05, 4.69) is 51.0 Å². The highest BCUT2D eigenvalue weighted by Crippen LogP contribution is 2.42. The number of rotatable bonds is 6. The van der Waals surface area contributed by atoms with Crippen LogP contribution < -0.4 is 9.47 Å². The normalized spacial score (nSPS) is 10.7. The van der Waals surface area contributed by atoms with Crippen LogP contribution in [0.15, 0.2) is 24.3 Å². The summed E-state index contributed by atoms with van der Waals surface area (Å²) in [5, 5.41) is 2.56. The third-order valence-electron chi connectivity index (χ3n) is 4.48. The average Bonchev–Trinajstić information content (AvgIpc) is 3.00. The second-order valence-electron chi connectivity index (χ2n) is 6.24. The first kappa shape index (κ1) is 17.6. The fourth-order valence-electron chi connectivity index (χ4n) is 3.04. The van der Waals surface area contributed by atoms with Crippen molar-refractivity contribution in [2.75, 3.05) is 6.61 Å². The summed E-state index contributed by atoms with van der Waals surface area (Å²) in [5.41, 5.74) is 2.37. The molecule has 0 aliphatic heterocycles. The van der Waals surface area contributed by atoms with E-state index >= 15 is 0 Å². The minimum atomic E-state index is 0.789. The summed E-state index contributed by atoms with van der Waals surface area (Å²) in [4.78, 5) is 0. The van der Waals surface area contributed by atoms with Crippen LogP contribution in [-0.2, 0) is 0 Å². The van der Waals surface area contributed by atoms with E-state index in [9.17, 15) is 0 Å². The molecule has 1 aromatic heterocycles. The SMILES string of the molecule is CC#COc1ccc2c(sc3c(C)c(OCCCCC)ccc32)c1C. The number of hydrogen-bond donors (Lipinski definition) is 0. The Labute approximate surface area is 153 Å². The van der Waals surface area contributed by atoms with Gasteiger partial charge in [-0.25, -0.2) is 0 Å². The van der Waals surface area contributed by atoms with Crippen LogP contribution >= 0.6 is 11.3 Å². The molecule has 25 heavy (non-hydrogen) atoms. The zero-order chi connectivity index (χ0) is 17.8. The Hall–Kier alpha value is -2.18. The van der Waals surface area contributed by atoms with Gasteiger partial charge in [0.15, 0.2) is 0 Å². The third kappa shape index (κ3) is 3.45. The van der Waals surface area contributed by atoms with E-state index in [0.717, 1.165) is 30.1 Å². The molecule has 130 valence electrons. The zero-order valence-electron chi connectivity index (χ0n) is 15.4. The Morgan fingerprint density at radius 1 is 0.920 bits per heavy atom. The van der Waals surface area contributed by atoms with Gasteiger partial charge in [0.05, 0.1) is 6.61 Å². The summed E-state index contributed by atoms with van der Waals surface area (Å²) in [6.07, 6.45) is 6.23. The molecule has 0 unspecified atom stereocenters. The van der Waals surface area contributed by atoms with Gasteiger partial charge in [0.1, 0.15) is 17.6 Å². The van der Waals surface area contributed by atoms with Crippen LogP contribution in [0.4, 0.5) is 0 Å². The fraction of sp³-hybridized carbons (Fsp3) is 0.364. The molecule has 0 fully saturated rings. The lowest BCUT2D eigenvalue weighted by atomic mass is 10.1. The monoisotopic (exact) mass is 352 g/mol. The van der Waals surface area contributed by atoms with Crippen molar-refractivity contribution in [1.29, 1.82) is 0 Å². The van der Waals surface area contributed by atoms with Crippen molar-refractivity contribution in [1.82, 2.24) is 0 Å². The lowest BCUT2D eigenvalue weighted by Gasteiger charge is -2.09. The smallest absolute Gasteiger partial charge is 0.144 e. The van der Waals surface area contributed by atoms with Crippen molar-refractivity contribution in [3.8, 4) is 23.5 Å². The first-order chi connectivity index (χ1) is 12.2. The predicted octanol–water partition coefficient (Wildman–Crippen LogP) is 6.60. The van der Waals surface area contributed by atoms with Gasteiger partial charge in [0.25, 0.3) is 0 Å². The van der Waals surface area contributed by atoms with Gasteiger partial charge in [0, 0.05) is 38.2 Å². The molecule has 0 saturated carbocycles. The van der Waals surface area contributed by atoms with Gasteiger partial charge in [-0.1, -0.05) is 25.7 Å². The predicted molar refractivity (Wildman–Crippen MR) is 108 cm³/mol. The second kappa shape index (κ2) is 7.80. The van der Waals surface area contributed by atoms with E-state index in [1.54, 1.807) is 6.92 Å². The van der Waals surface area contributed by atoms with Crippen LogP contribution in [0.3, 0.4) is 0 Å². The summed E-state index contributed by atoms with van der Waals surface area (Å²) >= 11 is 1.81. The number of fused-ring (bicyclic) bond motifs is 3. The van der Waals surface area contributed by atoms with Gasteiger partial charge in [-0.15, -0.1) is 11.3 Å². The van der Waals surface area contributed by atoms with Gasteiger partial charge < -0.3 is 9.47 Å². The quantitative estimate of drug-likeness (QED) is 0.367. The van der Waals surface area contributed by atoms with Gasteiger partial charge >= 0.3 is 0 Å². The molecule has 0 aliphatic rings. The molecule has 3 rings (SSSR count). The van der Waals surface area contributed by atoms with Crippen molar-refractivity contribution in [2.24, 2.45) is 0 Å². The summed E-state index contributed by atoms with van der Waals surface area (Å²) < 4.78 is 14.1. The minimum Gasteiger partial charge on any atom is -0.493 e. The number of unbranched alkanes of at least 4 members (excludes halogenated alkanes) is 2. The summed E-state index contributed by atoms with van der Waals surface area (Å²) in [7, 11) is 0. The highest BCUT2D eigenvalue weighted by atomic mass is 32.1. The first-order valence-corrected chi connectivity index (χ1v) is 9.65. The number of aryl methyl sites for hydroxylation is 2. The van der Waals surface area contributed by atoms with E-state index in [1.807, 2.05) is 17.4 Å². The van der Waals surface area contributed by atoms with E-state index in [-0.39, 0.29) is 0 Å². The lowest BCUT2D eigenvalue weighted by Crippen LogP contribution is -1.98. The van der Waals surface area contributed by atoms with Crippen LogP contribution in [0, 0.1) is 25.9 Å². The molecular weight excluding hydrogens is 328 g/mol. The maximum absolute atomic E-state index is 6.01. The van der Waals surface area contributed by atoms with Crippen molar-refractivity contribution in [3.05, 3.63) is 35.4 Å². The largest absolute Gasteiger partial charge is 0.493 e. The first-order valence-electron chi connectivity index (χ1n) is 8.84. The molecule has 2 nitrogen and oxygen atoms in total. The summed E-state index contributed by atoms with van der Waals surface area (Å²) in [5.74, 6) is 4.61. The van der Waals surface area contributed by atoms with Crippen molar-refractivity contribution >= 4 is 31.5 Å². The Morgan fingerprint density at radius 2 is 1.56 bits per heavy atom. The van der Waals surface area contributed by atoms with Crippen molar-refractivity contribution < 1.29 is 9.47 Å². The maximum Gasteiger partial charge on any atom is 0.144 e. The molecule has 0 saturated heterocycles. The third-order valence-corrected chi connectivity index (χ3v) is 5.94. The molecule has 1 heterocycles. The van der Waals surface area contributed by atoms with Crippen LogP contribution in [-0.4, -0.2) is 6.61 Å². The molecule has 0 N–H and O–H groups in total. The minimum absolute atomic E-state index is 0.789. The van der Waals surface area contributed by atoms with Crippen molar-refractivity contribution in [3.63, 3.8) is 0 Å². The van der Waals surface area contributed by atoms with Crippen molar-refractivity contribution in [2.45, 2.75) is 47.0 Å². The van der Waals surface area contributed by atoms with Crippen LogP contribution in [0.25, 0.3) is 20.2 Å². The lowest BCUT2D eigenvalue weighted by molar-refractivity contribution is 0.305. The molecule has 0 aliphatic carbocycles. The Bertz CT molecular complexity index is 957. The van der Waals surface area contributed by atoms with Gasteiger partial charge in [-0.3, -0.25) is 0 Å². The standard InChI is InChI=1S/C22H24O2S/c1-5-7-8-14-24-20-12-10-18-17-9-11-19(23-13-6-2)15(3)21(17)25-22(18)16(20)4/h9-12H,5,7-8,14H2,1-4H3. The van der Waals surface area contributed by atoms with E-state index in [4.69, 9.17) is 9.47 Å². The fourth-order valence-corrected chi connectivity index (χ4v) is 4.33. The molecular formula is C22H24O2S. The highest BCUT2D eigenvalue weighted by molar-refractivity contribution is 7.26. The highest BCUT2D eigenvalue weighted by Gasteiger charge is 2.14. The molecule has 0 atom stereocenters. The van der Waals surface area contributed by atoms with E-state index in [1.165, 1.54) is 38.6 Å². The molecule has 0 amide bonds. The number of hydrogen-bond acceptors (Lipinski definition) is 3. The average molecular weight is 352 g/mol. The molecule has 2 aromatic carbocycles. The molecule has 0 bridgehead atoms. The Balaban J connectivity index is 2.01. The van der Waals surface area contributed by atoms with Crippen LogP contribution in [0.1, 0.15) is 44.2 Å². The summed E-state index contributed by atoms with van der Waals surface area (Å²) in [6.45, 7) is 9.03. The van der Waals surface area contributed by atoms with Crippen LogP contribution in [0.5, 0.6) is 11.5 Å². The maximum atomic E-state index is 6.01.